The van der Waals surface area contributed by atoms with Gasteiger partial charge in [-0.3, -0.25) is 4.79 Å². The maximum absolute atomic E-state index is 11.7. The van der Waals surface area contributed by atoms with Crippen LogP contribution in [-0.2, 0) is 19.4 Å². The Morgan fingerprint density at radius 1 is 1.41 bits per heavy atom. The first kappa shape index (κ1) is 14.0. The van der Waals surface area contributed by atoms with E-state index in [0.717, 1.165) is 11.2 Å². The Labute approximate surface area is 101 Å². The molecule has 2 unspecified atom stereocenters. The van der Waals surface area contributed by atoms with Crippen LogP contribution in [0.3, 0.4) is 0 Å². The summed E-state index contributed by atoms with van der Waals surface area (Å²) >= 11 is 0. The van der Waals surface area contributed by atoms with Crippen LogP contribution in [-0.4, -0.2) is 54.4 Å². The zero-order valence-electron chi connectivity index (χ0n) is 10.1. The quantitative estimate of drug-likeness (QED) is 0.766. The van der Waals surface area contributed by atoms with Gasteiger partial charge in [0, 0.05) is 20.2 Å². The molecule has 0 bridgehead atoms. The third-order valence-electron chi connectivity index (χ3n) is 3.51. The molecule has 6 nitrogen and oxygen atoms in total. The number of carbonyl (C=O) groups is 2. The van der Waals surface area contributed by atoms with Crippen LogP contribution in [0.25, 0.3) is 0 Å². The standard InChI is InChI=1S/C10H17NO5S/c1-7(12)11(2)10(9(13)14)6-4-5-8(10)17(3,15)16/h8H,4-6H2,1-3H3,(H,13,14). The number of carbonyl (C=O) groups excluding carboxylic acids is 1. The molecule has 17 heavy (non-hydrogen) atoms. The molecule has 1 rings (SSSR count). The second kappa shape index (κ2) is 4.29. The fourth-order valence-corrected chi connectivity index (χ4v) is 4.26. The van der Waals surface area contributed by atoms with Gasteiger partial charge in [0.25, 0.3) is 0 Å². The highest BCUT2D eigenvalue weighted by Crippen LogP contribution is 2.39. The van der Waals surface area contributed by atoms with Crippen LogP contribution in [0.4, 0.5) is 0 Å². The molecule has 0 heterocycles. The molecule has 0 aromatic heterocycles. The Hall–Kier alpha value is -1.11. The van der Waals surface area contributed by atoms with Crippen LogP contribution in [0.5, 0.6) is 0 Å². The lowest BCUT2D eigenvalue weighted by Gasteiger charge is -2.38. The summed E-state index contributed by atoms with van der Waals surface area (Å²) < 4.78 is 23.4. The fraction of sp³-hybridized carbons (Fsp3) is 0.800. The SMILES string of the molecule is CC(=O)N(C)C1(C(=O)O)CCCC1S(C)(=O)=O. The van der Waals surface area contributed by atoms with Crippen molar-refractivity contribution in [1.82, 2.24) is 4.90 Å². The number of aliphatic carboxylic acids is 1. The van der Waals surface area contributed by atoms with Gasteiger partial charge in [-0.2, -0.15) is 0 Å². The van der Waals surface area contributed by atoms with Gasteiger partial charge in [0.1, 0.15) is 0 Å². The van der Waals surface area contributed by atoms with Crippen molar-refractivity contribution in [3.63, 3.8) is 0 Å². The lowest BCUT2D eigenvalue weighted by molar-refractivity contribution is -0.156. The number of carboxylic acid groups (broad SMARTS) is 1. The first-order chi connectivity index (χ1) is 7.64. The molecule has 0 spiro atoms. The number of hydrogen-bond acceptors (Lipinski definition) is 4. The predicted octanol–water partition coefficient (Wildman–Crippen LogP) is -0.115. The molecule has 7 heteroatoms. The summed E-state index contributed by atoms with van der Waals surface area (Å²) in [5.74, 6) is -1.69. The Kier molecular flexibility index (Phi) is 3.52. The van der Waals surface area contributed by atoms with Crippen molar-refractivity contribution in [1.29, 1.82) is 0 Å². The second-order valence-electron chi connectivity index (χ2n) is 4.52. The van der Waals surface area contributed by atoms with Crippen LogP contribution in [0.2, 0.25) is 0 Å². The van der Waals surface area contributed by atoms with Gasteiger partial charge in [-0.25, -0.2) is 13.2 Å². The van der Waals surface area contributed by atoms with Gasteiger partial charge < -0.3 is 10.0 Å². The molecule has 0 aliphatic heterocycles. The van der Waals surface area contributed by atoms with Gasteiger partial charge in [-0.05, 0) is 19.3 Å². The van der Waals surface area contributed by atoms with Crippen molar-refractivity contribution in [3.05, 3.63) is 0 Å². The average Bonchev–Trinajstić information content (AvgIpc) is 2.60. The summed E-state index contributed by atoms with van der Waals surface area (Å²) in [5, 5.41) is 8.33. The van der Waals surface area contributed by atoms with Gasteiger partial charge >= 0.3 is 5.97 Å². The molecule has 2 atom stereocenters. The van der Waals surface area contributed by atoms with Crippen molar-refractivity contribution >= 4 is 21.7 Å². The van der Waals surface area contributed by atoms with Crippen LogP contribution >= 0.6 is 0 Å². The third-order valence-corrected chi connectivity index (χ3v) is 5.17. The van der Waals surface area contributed by atoms with E-state index in [9.17, 15) is 23.1 Å². The number of likely N-dealkylation sites (N-methyl/N-ethyl adjacent to an activating group) is 1. The smallest absolute Gasteiger partial charge is 0.330 e. The van der Waals surface area contributed by atoms with Crippen molar-refractivity contribution in [3.8, 4) is 0 Å². The lowest BCUT2D eigenvalue weighted by atomic mass is 9.95. The molecule has 0 aromatic carbocycles. The van der Waals surface area contributed by atoms with Gasteiger partial charge in [-0.15, -0.1) is 0 Å². The summed E-state index contributed by atoms with van der Waals surface area (Å²) in [6.45, 7) is 1.24. The van der Waals surface area contributed by atoms with E-state index in [-0.39, 0.29) is 12.8 Å². The minimum absolute atomic E-state index is 0.177. The normalized spacial score (nSPS) is 29.0. The van der Waals surface area contributed by atoms with Gasteiger partial charge in [-0.1, -0.05) is 0 Å². The van der Waals surface area contributed by atoms with Gasteiger partial charge in [0.15, 0.2) is 15.4 Å². The molecule has 1 aliphatic rings. The molecule has 1 fully saturated rings. The largest absolute Gasteiger partial charge is 0.479 e. The Balaban J connectivity index is 3.34. The van der Waals surface area contributed by atoms with E-state index >= 15 is 0 Å². The van der Waals surface area contributed by atoms with Crippen molar-refractivity contribution in [2.75, 3.05) is 13.3 Å². The van der Waals surface area contributed by atoms with Gasteiger partial charge in [0.2, 0.25) is 5.91 Å². The molecular formula is C10H17NO5S. The van der Waals surface area contributed by atoms with Crippen LogP contribution in [0.15, 0.2) is 0 Å². The maximum Gasteiger partial charge on any atom is 0.330 e. The summed E-state index contributed by atoms with van der Waals surface area (Å²) in [7, 11) is -2.16. The topological polar surface area (TPSA) is 91.8 Å². The van der Waals surface area contributed by atoms with E-state index in [4.69, 9.17) is 0 Å². The average molecular weight is 263 g/mol. The highest BCUT2D eigenvalue weighted by molar-refractivity contribution is 7.91. The number of nitrogens with zero attached hydrogens (tertiary/aromatic N) is 1. The molecule has 98 valence electrons. The summed E-state index contributed by atoms with van der Waals surface area (Å²) in [6.07, 6.45) is 1.97. The molecule has 1 saturated carbocycles. The molecule has 0 saturated heterocycles. The number of rotatable bonds is 3. The Morgan fingerprint density at radius 3 is 2.29 bits per heavy atom. The first-order valence-electron chi connectivity index (χ1n) is 5.30. The van der Waals surface area contributed by atoms with Crippen molar-refractivity contribution < 1.29 is 23.1 Å². The van der Waals surface area contributed by atoms with E-state index < -0.39 is 32.5 Å². The van der Waals surface area contributed by atoms with E-state index in [2.05, 4.69) is 0 Å². The zero-order valence-corrected chi connectivity index (χ0v) is 11.0. The first-order valence-corrected chi connectivity index (χ1v) is 7.26. The van der Waals surface area contributed by atoms with E-state index in [0.29, 0.717) is 6.42 Å². The predicted molar refractivity (Wildman–Crippen MR) is 61.3 cm³/mol. The zero-order chi connectivity index (χ0) is 13.4. The molecule has 0 radical (unpaired) electrons. The van der Waals surface area contributed by atoms with Crippen molar-refractivity contribution in [2.45, 2.75) is 37.0 Å². The third kappa shape index (κ3) is 2.15. The Morgan fingerprint density at radius 2 is 1.94 bits per heavy atom. The Bertz CT molecular complexity index is 444. The fourth-order valence-electron chi connectivity index (χ4n) is 2.58. The van der Waals surface area contributed by atoms with E-state index in [1.54, 1.807) is 0 Å². The maximum atomic E-state index is 11.7. The lowest BCUT2D eigenvalue weighted by Crippen LogP contribution is -2.61. The number of hydrogen-bond donors (Lipinski definition) is 1. The van der Waals surface area contributed by atoms with E-state index in [1.807, 2.05) is 0 Å². The molecular weight excluding hydrogens is 246 g/mol. The molecule has 1 aliphatic carbocycles. The minimum atomic E-state index is -3.51. The molecule has 0 aromatic rings. The number of amides is 1. The minimum Gasteiger partial charge on any atom is -0.479 e. The highest BCUT2D eigenvalue weighted by Gasteiger charge is 2.57. The highest BCUT2D eigenvalue weighted by atomic mass is 32.2. The summed E-state index contributed by atoms with van der Waals surface area (Å²) in [6, 6.07) is 0. The summed E-state index contributed by atoms with van der Waals surface area (Å²) in [5.41, 5.74) is -1.61. The van der Waals surface area contributed by atoms with Crippen LogP contribution < -0.4 is 0 Å². The molecule has 1 amide bonds. The van der Waals surface area contributed by atoms with Crippen LogP contribution in [0, 0.1) is 0 Å². The van der Waals surface area contributed by atoms with E-state index in [1.165, 1.54) is 14.0 Å². The van der Waals surface area contributed by atoms with Crippen LogP contribution in [0.1, 0.15) is 26.2 Å². The van der Waals surface area contributed by atoms with Gasteiger partial charge in [0.05, 0.1) is 5.25 Å². The number of sulfone groups is 1. The second-order valence-corrected chi connectivity index (χ2v) is 6.75. The summed E-state index contributed by atoms with van der Waals surface area (Å²) in [4.78, 5) is 23.9. The van der Waals surface area contributed by atoms with Crippen molar-refractivity contribution in [2.24, 2.45) is 0 Å². The monoisotopic (exact) mass is 263 g/mol. The number of carboxylic acids is 1. The molecule has 1 N–H and O–H groups in total.